The molecule has 0 N–H and O–H groups in total. The predicted octanol–water partition coefficient (Wildman–Crippen LogP) is 6.93. The molecule has 0 saturated heterocycles. The van der Waals surface area contributed by atoms with Crippen LogP contribution in [0, 0.1) is 11.6 Å². The largest absolute Gasteiger partial charge is 0.459 e. The van der Waals surface area contributed by atoms with Gasteiger partial charge >= 0.3 is 5.97 Å². The van der Waals surface area contributed by atoms with Gasteiger partial charge < -0.3 is 4.74 Å². The average Bonchev–Trinajstić information content (AvgIpc) is 2.72. The lowest BCUT2D eigenvalue weighted by Gasteiger charge is -2.26. The van der Waals surface area contributed by atoms with E-state index in [4.69, 9.17) is 27.9 Å². The van der Waals surface area contributed by atoms with Crippen molar-refractivity contribution >= 4 is 40.8 Å². The summed E-state index contributed by atoms with van der Waals surface area (Å²) in [6, 6.07) is 14.7. The Bertz CT molecular complexity index is 1190. The topological polar surface area (TPSA) is 46.6 Å². The van der Waals surface area contributed by atoms with Gasteiger partial charge in [-0.3, -0.25) is 14.5 Å². The normalized spacial score (nSPS) is 11.2. The molecule has 1 amide bonds. The highest BCUT2D eigenvalue weighted by molar-refractivity contribution is 6.42. The van der Waals surface area contributed by atoms with E-state index in [9.17, 15) is 18.4 Å². The van der Waals surface area contributed by atoms with Gasteiger partial charge in [0.2, 0.25) is 0 Å². The van der Waals surface area contributed by atoms with E-state index in [1.54, 1.807) is 63.2 Å². The number of benzene rings is 3. The minimum absolute atomic E-state index is 0.247. The lowest BCUT2D eigenvalue weighted by atomic mass is 10.0. The average molecular weight is 492 g/mol. The summed E-state index contributed by atoms with van der Waals surface area (Å²) in [6.07, 6.45) is 0. The molecular weight excluding hydrogens is 471 g/mol. The van der Waals surface area contributed by atoms with Gasteiger partial charge in [0.1, 0.15) is 29.3 Å². The molecule has 0 aliphatic rings. The maximum atomic E-state index is 14.4. The summed E-state index contributed by atoms with van der Waals surface area (Å²) >= 11 is 12.1. The van der Waals surface area contributed by atoms with Crippen LogP contribution in [0.4, 0.5) is 14.5 Å². The molecule has 0 spiro atoms. The van der Waals surface area contributed by atoms with Crippen molar-refractivity contribution < 1.29 is 23.1 Å². The van der Waals surface area contributed by atoms with E-state index >= 15 is 0 Å². The number of nitrogens with zero attached hydrogens (tertiary/aromatic N) is 1. The molecule has 0 bridgehead atoms. The van der Waals surface area contributed by atoms with E-state index in [0.29, 0.717) is 21.2 Å². The van der Waals surface area contributed by atoms with E-state index in [1.807, 2.05) is 0 Å². The Kier molecular flexibility index (Phi) is 7.40. The van der Waals surface area contributed by atoms with E-state index in [-0.39, 0.29) is 5.69 Å². The van der Waals surface area contributed by atoms with Gasteiger partial charge in [-0.2, -0.15) is 0 Å². The molecular formula is C25H21Cl2F2NO3. The third-order valence-electron chi connectivity index (χ3n) is 4.54. The Morgan fingerprint density at radius 2 is 1.48 bits per heavy atom. The lowest BCUT2D eigenvalue weighted by molar-refractivity contribution is -0.152. The SMILES string of the molecule is CC(C)(C)OC(=O)CN(C(=O)c1c(F)cccc1F)c1cccc(-c2ccc(Cl)c(Cl)c2)c1. The fourth-order valence-corrected chi connectivity index (χ4v) is 3.45. The molecule has 3 aromatic rings. The van der Waals surface area contributed by atoms with Crippen LogP contribution in [-0.2, 0) is 9.53 Å². The Hall–Kier alpha value is -2.96. The number of ether oxygens (including phenoxy) is 1. The van der Waals surface area contributed by atoms with Crippen LogP contribution in [0.5, 0.6) is 0 Å². The number of rotatable bonds is 5. The molecule has 0 aliphatic heterocycles. The third-order valence-corrected chi connectivity index (χ3v) is 5.28. The summed E-state index contributed by atoms with van der Waals surface area (Å²) < 4.78 is 34.1. The van der Waals surface area contributed by atoms with Crippen LogP contribution in [0.1, 0.15) is 31.1 Å². The monoisotopic (exact) mass is 491 g/mol. The number of amides is 1. The first kappa shape index (κ1) is 24.7. The van der Waals surface area contributed by atoms with Crippen molar-refractivity contribution in [1.82, 2.24) is 0 Å². The smallest absolute Gasteiger partial charge is 0.326 e. The molecule has 3 aromatic carbocycles. The highest BCUT2D eigenvalue weighted by Crippen LogP contribution is 2.31. The first-order valence-electron chi connectivity index (χ1n) is 9.99. The molecule has 0 fully saturated rings. The summed E-state index contributed by atoms with van der Waals surface area (Å²) in [4.78, 5) is 26.8. The molecule has 0 unspecified atom stereocenters. The van der Waals surface area contributed by atoms with Gasteiger partial charge in [-0.25, -0.2) is 8.78 Å². The van der Waals surface area contributed by atoms with Crippen LogP contribution >= 0.6 is 23.2 Å². The van der Waals surface area contributed by atoms with Gasteiger partial charge in [0.05, 0.1) is 10.0 Å². The lowest BCUT2D eigenvalue weighted by Crippen LogP contribution is -2.39. The van der Waals surface area contributed by atoms with Crippen molar-refractivity contribution in [1.29, 1.82) is 0 Å². The van der Waals surface area contributed by atoms with E-state index in [2.05, 4.69) is 0 Å². The summed E-state index contributed by atoms with van der Waals surface area (Å²) in [6.45, 7) is 4.49. The Morgan fingerprint density at radius 1 is 0.879 bits per heavy atom. The number of esters is 1. The van der Waals surface area contributed by atoms with Crippen LogP contribution in [0.3, 0.4) is 0 Å². The summed E-state index contributed by atoms with van der Waals surface area (Å²) in [5.74, 6) is -3.81. The van der Waals surface area contributed by atoms with Gasteiger partial charge in [-0.05, 0) is 68.3 Å². The molecule has 8 heteroatoms. The van der Waals surface area contributed by atoms with Crippen LogP contribution in [0.25, 0.3) is 11.1 Å². The van der Waals surface area contributed by atoms with Crippen molar-refractivity contribution in [3.63, 3.8) is 0 Å². The number of halogens is 4. The zero-order valence-corrected chi connectivity index (χ0v) is 19.7. The fraction of sp³-hybridized carbons (Fsp3) is 0.200. The summed E-state index contributed by atoms with van der Waals surface area (Å²) in [7, 11) is 0. The molecule has 0 heterocycles. The maximum absolute atomic E-state index is 14.4. The first-order valence-corrected chi connectivity index (χ1v) is 10.7. The van der Waals surface area contributed by atoms with Crippen molar-refractivity contribution in [2.45, 2.75) is 26.4 Å². The maximum Gasteiger partial charge on any atom is 0.326 e. The fourth-order valence-electron chi connectivity index (χ4n) is 3.15. The predicted molar refractivity (Wildman–Crippen MR) is 126 cm³/mol. The Balaban J connectivity index is 2.06. The number of carbonyl (C=O) groups excluding carboxylic acids is 2. The van der Waals surface area contributed by atoms with Crippen LogP contribution in [0.15, 0.2) is 60.7 Å². The highest BCUT2D eigenvalue weighted by Gasteiger charge is 2.28. The summed E-state index contributed by atoms with van der Waals surface area (Å²) in [5.41, 5.74) is 0.0323. The second-order valence-electron chi connectivity index (χ2n) is 8.25. The number of hydrogen-bond acceptors (Lipinski definition) is 3. The van der Waals surface area contributed by atoms with E-state index < -0.39 is 41.2 Å². The van der Waals surface area contributed by atoms with Crippen LogP contribution in [-0.4, -0.2) is 24.0 Å². The van der Waals surface area contributed by atoms with Gasteiger partial charge in [-0.1, -0.05) is 47.5 Å². The zero-order valence-electron chi connectivity index (χ0n) is 18.2. The third kappa shape index (κ3) is 6.09. The standard InChI is InChI=1S/C25H21Cl2F2NO3/c1-25(2,3)33-22(31)14-30(24(32)23-20(28)8-5-9-21(23)29)17-7-4-6-15(12-17)16-10-11-18(26)19(27)13-16/h4-13H,14H2,1-3H3. The van der Waals surface area contributed by atoms with Crippen LogP contribution < -0.4 is 4.90 Å². The van der Waals surface area contributed by atoms with Crippen molar-refractivity contribution in [2.24, 2.45) is 0 Å². The number of hydrogen-bond donors (Lipinski definition) is 0. The van der Waals surface area contributed by atoms with Crippen LogP contribution in [0.2, 0.25) is 10.0 Å². The second-order valence-corrected chi connectivity index (χ2v) is 9.07. The Morgan fingerprint density at radius 3 is 2.09 bits per heavy atom. The second kappa shape index (κ2) is 9.89. The first-order chi connectivity index (χ1) is 15.5. The van der Waals surface area contributed by atoms with Gasteiger partial charge in [-0.15, -0.1) is 0 Å². The highest BCUT2D eigenvalue weighted by atomic mass is 35.5. The molecule has 33 heavy (non-hydrogen) atoms. The van der Waals surface area contributed by atoms with Crippen molar-refractivity contribution in [3.05, 3.63) is 87.9 Å². The molecule has 0 saturated carbocycles. The number of anilines is 1. The molecule has 0 radical (unpaired) electrons. The molecule has 172 valence electrons. The van der Waals surface area contributed by atoms with Gasteiger partial charge in [0.15, 0.2) is 0 Å². The van der Waals surface area contributed by atoms with Crippen molar-refractivity contribution in [2.75, 3.05) is 11.4 Å². The summed E-state index contributed by atoms with van der Waals surface area (Å²) in [5, 5.41) is 0.725. The van der Waals surface area contributed by atoms with E-state index in [1.165, 1.54) is 0 Å². The van der Waals surface area contributed by atoms with Gasteiger partial charge in [0, 0.05) is 5.69 Å². The minimum Gasteiger partial charge on any atom is -0.459 e. The Labute approximate surface area is 200 Å². The molecule has 3 rings (SSSR count). The van der Waals surface area contributed by atoms with Crippen molar-refractivity contribution in [3.8, 4) is 11.1 Å². The number of carbonyl (C=O) groups is 2. The van der Waals surface area contributed by atoms with E-state index in [0.717, 1.165) is 23.1 Å². The minimum atomic E-state index is -1.03. The quantitative estimate of drug-likeness (QED) is 0.363. The molecule has 4 nitrogen and oxygen atoms in total. The molecule has 0 atom stereocenters. The zero-order chi connectivity index (χ0) is 24.3. The molecule has 0 aliphatic carbocycles. The molecule has 0 aromatic heterocycles. The van der Waals surface area contributed by atoms with Gasteiger partial charge in [0.25, 0.3) is 5.91 Å².